The molecule has 1 aromatic carbocycles. The van der Waals surface area contributed by atoms with Gasteiger partial charge in [-0.2, -0.15) is 5.10 Å². The Bertz CT molecular complexity index is 825. The topological polar surface area (TPSA) is 83.5 Å². The van der Waals surface area contributed by atoms with Gasteiger partial charge in [-0.1, -0.05) is 23.2 Å². The quantitative estimate of drug-likeness (QED) is 0.759. The van der Waals surface area contributed by atoms with Crippen LogP contribution in [0.15, 0.2) is 23.3 Å². The van der Waals surface area contributed by atoms with E-state index in [2.05, 4.69) is 10.4 Å². The Morgan fingerprint density at radius 1 is 1.24 bits per heavy atom. The first kappa shape index (κ1) is 21.7. The average molecular weight is 443 g/mol. The number of nitrogens with one attached hydrogen (secondary N) is 1. The normalized spacial score (nSPS) is 19.8. The Morgan fingerprint density at radius 2 is 2.00 bits per heavy atom. The minimum Gasteiger partial charge on any atom is -0.444 e. The first-order chi connectivity index (χ1) is 13.6. The summed E-state index contributed by atoms with van der Waals surface area (Å²) in [4.78, 5) is 26.3. The molecule has 29 heavy (non-hydrogen) atoms. The fourth-order valence-electron chi connectivity index (χ4n) is 2.90. The summed E-state index contributed by atoms with van der Waals surface area (Å²) in [5.74, 6) is 0.187. The van der Waals surface area contributed by atoms with Crippen LogP contribution in [-0.4, -0.2) is 60.7 Å². The van der Waals surface area contributed by atoms with Crippen LogP contribution in [0.5, 0.6) is 0 Å². The Kier molecular flexibility index (Phi) is 6.55. The summed E-state index contributed by atoms with van der Waals surface area (Å²) in [6.07, 6.45) is -0.672. The molecule has 3 rings (SSSR count). The summed E-state index contributed by atoms with van der Waals surface area (Å²) >= 11 is 12.0. The van der Waals surface area contributed by atoms with Crippen molar-refractivity contribution in [2.75, 3.05) is 31.3 Å². The van der Waals surface area contributed by atoms with E-state index < -0.39 is 17.8 Å². The number of halogens is 2. The van der Waals surface area contributed by atoms with E-state index in [0.717, 1.165) is 5.69 Å². The number of morpholine rings is 1. The van der Waals surface area contributed by atoms with Crippen molar-refractivity contribution in [3.8, 4) is 0 Å². The van der Waals surface area contributed by atoms with E-state index in [9.17, 15) is 9.59 Å². The number of rotatable bonds is 2. The minimum atomic E-state index is -0.780. The zero-order valence-corrected chi connectivity index (χ0v) is 18.1. The predicted octanol–water partition coefficient (Wildman–Crippen LogP) is 3.27. The number of hydrogen-bond donors (Lipinski definition) is 1. The molecular weight excluding hydrogens is 419 g/mol. The molecule has 0 spiro atoms. The summed E-state index contributed by atoms with van der Waals surface area (Å²) in [6, 6.07) is 5.24. The van der Waals surface area contributed by atoms with Crippen LogP contribution < -0.4 is 10.3 Å². The SMILES string of the molecule is CC(C)(C)OC(=O)N1CCO[C@@H](C(=O)NC2=NN(c3ccc(Cl)c(Cl)c3)CC2)C1. The van der Waals surface area contributed by atoms with Gasteiger partial charge in [-0.05, 0) is 39.0 Å². The number of hydrazone groups is 1. The van der Waals surface area contributed by atoms with Gasteiger partial charge in [0.25, 0.3) is 5.91 Å². The molecule has 0 saturated carbocycles. The number of benzene rings is 1. The molecule has 1 N–H and O–H groups in total. The lowest BCUT2D eigenvalue weighted by Crippen LogP contribution is -2.53. The van der Waals surface area contributed by atoms with Gasteiger partial charge in [0.05, 0.1) is 28.9 Å². The van der Waals surface area contributed by atoms with E-state index in [0.29, 0.717) is 35.4 Å². The molecule has 0 bridgehead atoms. The van der Waals surface area contributed by atoms with Gasteiger partial charge in [0.1, 0.15) is 11.4 Å². The number of carbonyl (C=O) groups excluding carboxylic acids is 2. The molecule has 2 aliphatic heterocycles. The van der Waals surface area contributed by atoms with Crippen LogP contribution in [0.4, 0.5) is 10.5 Å². The highest BCUT2D eigenvalue weighted by Crippen LogP contribution is 2.28. The number of hydrogen-bond acceptors (Lipinski definition) is 6. The van der Waals surface area contributed by atoms with E-state index in [4.69, 9.17) is 32.7 Å². The van der Waals surface area contributed by atoms with Gasteiger partial charge in [-0.25, -0.2) is 4.79 Å². The van der Waals surface area contributed by atoms with Crippen LogP contribution in [0, 0.1) is 0 Å². The second kappa shape index (κ2) is 8.77. The Labute approximate surface area is 179 Å². The van der Waals surface area contributed by atoms with Crippen molar-refractivity contribution < 1.29 is 19.1 Å². The monoisotopic (exact) mass is 442 g/mol. The van der Waals surface area contributed by atoms with Crippen LogP contribution in [0.25, 0.3) is 0 Å². The van der Waals surface area contributed by atoms with E-state index in [1.54, 1.807) is 37.9 Å². The highest BCUT2D eigenvalue weighted by Gasteiger charge is 2.32. The number of amides is 2. The lowest BCUT2D eigenvalue weighted by Gasteiger charge is -2.33. The molecule has 1 aromatic rings. The summed E-state index contributed by atoms with van der Waals surface area (Å²) < 4.78 is 10.9. The molecule has 2 amide bonds. The molecule has 1 saturated heterocycles. The molecule has 0 aromatic heterocycles. The number of nitrogens with zero attached hydrogens (tertiary/aromatic N) is 3. The maximum atomic E-state index is 12.6. The Hall–Kier alpha value is -2.03. The summed E-state index contributed by atoms with van der Waals surface area (Å²) in [7, 11) is 0. The fraction of sp³-hybridized carbons (Fsp3) is 0.526. The zero-order valence-electron chi connectivity index (χ0n) is 16.6. The van der Waals surface area contributed by atoms with E-state index in [-0.39, 0.29) is 19.1 Å². The predicted molar refractivity (Wildman–Crippen MR) is 112 cm³/mol. The highest BCUT2D eigenvalue weighted by molar-refractivity contribution is 6.42. The number of amidine groups is 1. The van der Waals surface area contributed by atoms with Crippen molar-refractivity contribution in [2.24, 2.45) is 5.10 Å². The van der Waals surface area contributed by atoms with Crippen molar-refractivity contribution in [2.45, 2.75) is 38.9 Å². The number of anilines is 1. The summed E-state index contributed by atoms with van der Waals surface area (Å²) in [5, 5.41) is 9.86. The van der Waals surface area contributed by atoms with Gasteiger partial charge < -0.3 is 19.7 Å². The zero-order chi connectivity index (χ0) is 21.2. The molecule has 10 heteroatoms. The Morgan fingerprint density at radius 3 is 2.69 bits per heavy atom. The van der Waals surface area contributed by atoms with Gasteiger partial charge in [0, 0.05) is 19.5 Å². The van der Waals surface area contributed by atoms with Crippen LogP contribution in [0.2, 0.25) is 10.0 Å². The maximum Gasteiger partial charge on any atom is 0.410 e. The molecule has 8 nitrogen and oxygen atoms in total. The largest absolute Gasteiger partial charge is 0.444 e. The van der Waals surface area contributed by atoms with E-state index >= 15 is 0 Å². The van der Waals surface area contributed by atoms with Gasteiger partial charge >= 0.3 is 6.09 Å². The average Bonchev–Trinajstić information content (AvgIpc) is 3.11. The third kappa shape index (κ3) is 5.74. The third-order valence-corrected chi connectivity index (χ3v) is 5.02. The molecule has 0 unspecified atom stereocenters. The minimum absolute atomic E-state index is 0.129. The van der Waals surface area contributed by atoms with Crippen LogP contribution in [0.1, 0.15) is 27.2 Å². The fourth-order valence-corrected chi connectivity index (χ4v) is 3.19. The molecule has 2 heterocycles. The molecule has 0 aliphatic carbocycles. The van der Waals surface area contributed by atoms with Gasteiger partial charge in [-0.15, -0.1) is 0 Å². The summed E-state index contributed by atoms with van der Waals surface area (Å²) in [6.45, 7) is 6.77. The number of ether oxygens (including phenoxy) is 2. The smallest absolute Gasteiger partial charge is 0.410 e. The van der Waals surface area contributed by atoms with E-state index in [1.165, 1.54) is 4.90 Å². The molecule has 0 radical (unpaired) electrons. The molecule has 1 fully saturated rings. The molecule has 158 valence electrons. The molecule has 1 atom stereocenters. The molecule has 2 aliphatic rings. The van der Waals surface area contributed by atoms with Gasteiger partial charge in [0.2, 0.25) is 0 Å². The standard InChI is InChI=1S/C19H24Cl2N4O4/c1-19(2,3)29-18(27)24-8-9-28-15(11-24)17(26)22-16-6-7-25(23-16)12-4-5-13(20)14(21)10-12/h4-5,10,15H,6-9,11H2,1-3H3,(H,22,23,26)/t15-/m1/s1. The first-order valence-corrected chi connectivity index (χ1v) is 10.1. The second-order valence-corrected chi connectivity index (χ2v) is 8.61. The molecular formula is C19H24Cl2N4O4. The number of carbonyl (C=O) groups is 2. The lowest BCUT2D eigenvalue weighted by molar-refractivity contribution is -0.136. The van der Waals surface area contributed by atoms with Crippen LogP contribution >= 0.6 is 23.2 Å². The third-order valence-electron chi connectivity index (χ3n) is 4.28. The summed E-state index contributed by atoms with van der Waals surface area (Å²) in [5.41, 5.74) is 0.188. The van der Waals surface area contributed by atoms with Crippen molar-refractivity contribution in [3.05, 3.63) is 28.2 Å². The van der Waals surface area contributed by atoms with Crippen molar-refractivity contribution in [1.29, 1.82) is 0 Å². The highest BCUT2D eigenvalue weighted by atomic mass is 35.5. The van der Waals surface area contributed by atoms with Crippen LogP contribution in [0.3, 0.4) is 0 Å². The van der Waals surface area contributed by atoms with Gasteiger partial charge in [-0.3, -0.25) is 9.80 Å². The van der Waals surface area contributed by atoms with Crippen molar-refractivity contribution in [1.82, 2.24) is 10.2 Å². The maximum absolute atomic E-state index is 12.6. The van der Waals surface area contributed by atoms with E-state index in [1.807, 2.05) is 6.07 Å². The second-order valence-electron chi connectivity index (χ2n) is 7.79. The van der Waals surface area contributed by atoms with Crippen molar-refractivity contribution in [3.63, 3.8) is 0 Å². The Balaban J connectivity index is 1.58. The van der Waals surface area contributed by atoms with Crippen molar-refractivity contribution >= 4 is 46.7 Å². The van der Waals surface area contributed by atoms with Crippen LogP contribution in [-0.2, 0) is 14.3 Å². The van der Waals surface area contributed by atoms with Gasteiger partial charge in [0.15, 0.2) is 6.10 Å². The lowest BCUT2D eigenvalue weighted by atomic mass is 10.2. The first-order valence-electron chi connectivity index (χ1n) is 9.33.